The Kier molecular flexibility index (Phi) is 9.47. The van der Waals surface area contributed by atoms with Crippen molar-refractivity contribution in [1.82, 2.24) is 9.62 Å². The van der Waals surface area contributed by atoms with Crippen LogP contribution in [0.1, 0.15) is 66.9 Å². The quantitative estimate of drug-likeness (QED) is 0.348. The van der Waals surface area contributed by atoms with Gasteiger partial charge < -0.3 is 19.3 Å². The zero-order chi connectivity index (χ0) is 32.6. The highest BCUT2D eigenvalue weighted by atomic mass is 35.5. The zero-order valence-electron chi connectivity index (χ0n) is 27.1. The van der Waals surface area contributed by atoms with E-state index >= 15 is 0 Å². The number of benzene rings is 2. The monoisotopic (exact) mass is 667 g/mol. The number of likely N-dealkylation sites (N-methyl/N-ethyl adjacent to an activating group) is 1. The number of fused-ring (bicyclic) bond motifs is 4. The summed E-state index contributed by atoms with van der Waals surface area (Å²) in [6.45, 7) is 3.89. The van der Waals surface area contributed by atoms with E-state index in [1.165, 1.54) is 11.1 Å². The van der Waals surface area contributed by atoms with Crippen molar-refractivity contribution in [1.29, 1.82) is 0 Å². The normalized spacial score (nSPS) is 31.7. The van der Waals surface area contributed by atoms with Crippen molar-refractivity contribution >= 4 is 44.7 Å². The molecule has 2 heterocycles. The van der Waals surface area contributed by atoms with Crippen molar-refractivity contribution in [3.63, 3.8) is 0 Å². The second-order valence-electron chi connectivity index (χ2n) is 13.8. The molecule has 1 unspecified atom stereocenters. The van der Waals surface area contributed by atoms with Crippen LogP contribution >= 0.6 is 11.6 Å². The average Bonchev–Trinajstić information content (AvgIpc) is 3.15. The summed E-state index contributed by atoms with van der Waals surface area (Å²) in [5, 5.41) is 0.412. The summed E-state index contributed by atoms with van der Waals surface area (Å²) in [5.74, 6) is 4.77. The van der Waals surface area contributed by atoms with Crippen molar-refractivity contribution < 1.29 is 23.3 Å². The maximum atomic E-state index is 13.6. The Balaban J connectivity index is 1.40. The molecule has 2 aliphatic heterocycles. The molecule has 1 spiro atoms. The van der Waals surface area contributed by atoms with Gasteiger partial charge in [-0.2, -0.15) is 0 Å². The first-order valence-corrected chi connectivity index (χ1v) is 18.6. The molecule has 2 aromatic rings. The third-order valence-electron chi connectivity index (χ3n) is 10.5. The Morgan fingerprint density at radius 2 is 2.04 bits per heavy atom. The fraction of sp³-hybridized carbons (Fsp3) is 0.528. The molecule has 0 radical (unpaired) electrons. The highest BCUT2D eigenvalue weighted by Gasteiger charge is 2.44. The van der Waals surface area contributed by atoms with E-state index in [1.54, 1.807) is 25.1 Å². The molecular weight excluding hydrogens is 622 g/mol. The number of aryl methyl sites for hydroxylation is 1. The third kappa shape index (κ3) is 6.69. The molecule has 1 saturated carbocycles. The lowest BCUT2D eigenvalue weighted by molar-refractivity contribution is -0.137. The average molecular weight is 668 g/mol. The van der Waals surface area contributed by atoms with E-state index in [2.05, 4.69) is 39.8 Å². The molecule has 6 atom stereocenters. The summed E-state index contributed by atoms with van der Waals surface area (Å²) in [7, 11) is 0.568. The number of amides is 2. The Hall–Kier alpha value is -3.01. The summed E-state index contributed by atoms with van der Waals surface area (Å²) in [5.41, 5.74) is 3.60. The van der Waals surface area contributed by atoms with Crippen LogP contribution in [0.2, 0.25) is 5.02 Å². The summed E-state index contributed by atoms with van der Waals surface area (Å²) in [6.07, 6.45) is 10.3. The molecule has 2 bridgehead atoms. The highest BCUT2D eigenvalue weighted by molar-refractivity contribution is 7.99. The number of allylic oxidation sites excluding steroid dienone is 1. The first-order valence-electron chi connectivity index (χ1n) is 16.4. The number of carbonyl (C=O) groups excluding carboxylic acids is 2. The summed E-state index contributed by atoms with van der Waals surface area (Å²) in [4.78, 5) is 30.0. The van der Waals surface area contributed by atoms with Crippen LogP contribution in [0, 0.1) is 11.8 Å². The molecule has 248 valence electrons. The number of ether oxygens (including phenoxy) is 2. The number of halogens is 1. The molecule has 2 aliphatic carbocycles. The van der Waals surface area contributed by atoms with Gasteiger partial charge in [-0.05, 0) is 111 Å². The minimum Gasteiger partial charge on any atom is -0.490 e. The fourth-order valence-corrected chi connectivity index (χ4v) is 8.82. The molecule has 6 rings (SSSR count). The van der Waals surface area contributed by atoms with Crippen molar-refractivity contribution in [2.24, 2.45) is 11.8 Å². The van der Waals surface area contributed by atoms with E-state index in [0.29, 0.717) is 30.9 Å². The zero-order valence-corrected chi connectivity index (χ0v) is 28.7. The number of hydrogen-bond acceptors (Lipinski definition) is 6. The van der Waals surface area contributed by atoms with E-state index in [1.807, 2.05) is 25.1 Å². The van der Waals surface area contributed by atoms with Crippen LogP contribution in [0.5, 0.6) is 5.75 Å². The van der Waals surface area contributed by atoms with Crippen LogP contribution in [0.3, 0.4) is 0 Å². The van der Waals surface area contributed by atoms with Crippen LogP contribution in [-0.4, -0.2) is 78.5 Å². The molecule has 0 saturated heterocycles. The first-order chi connectivity index (χ1) is 22.0. The van der Waals surface area contributed by atoms with Crippen LogP contribution in [0.15, 0.2) is 48.6 Å². The molecule has 10 heteroatoms. The second-order valence-corrected chi connectivity index (χ2v) is 16.7. The van der Waals surface area contributed by atoms with E-state index in [-0.39, 0.29) is 35.2 Å². The molecule has 1 N–H and O–H groups in total. The van der Waals surface area contributed by atoms with Gasteiger partial charge in [0.2, 0.25) is 5.91 Å². The molecule has 46 heavy (non-hydrogen) atoms. The van der Waals surface area contributed by atoms with Crippen LogP contribution < -0.4 is 14.4 Å². The maximum Gasteiger partial charge on any atom is 0.262 e. The highest BCUT2D eigenvalue weighted by Crippen LogP contribution is 2.47. The number of carbonyl (C=O) groups is 2. The molecule has 2 aromatic carbocycles. The Bertz CT molecular complexity index is 1630. The topological polar surface area (TPSA) is 88.2 Å². The number of nitrogens with one attached hydrogen (secondary N) is 1. The van der Waals surface area contributed by atoms with Crippen molar-refractivity contribution in [3.05, 3.63) is 70.3 Å². The van der Waals surface area contributed by atoms with Gasteiger partial charge in [0.05, 0.1) is 28.1 Å². The lowest BCUT2D eigenvalue weighted by atomic mass is 9.68. The largest absolute Gasteiger partial charge is 0.490 e. The van der Waals surface area contributed by atoms with Gasteiger partial charge in [0, 0.05) is 48.4 Å². The van der Waals surface area contributed by atoms with Crippen LogP contribution in [0.25, 0.3) is 0 Å². The van der Waals surface area contributed by atoms with Gasteiger partial charge >= 0.3 is 0 Å². The number of rotatable bonds is 3. The van der Waals surface area contributed by atoms with E-state index in [0.717, 1.165) is 61.7 Å². The van der Waals surface area contributed by atoms with E-state index in [4.69, 9.17) is 21.1 Å². The molecule has 4 aliphatic rings. The van der Waals surface area contributed by atoms with Gasteiger partial charge in [-0.3, -0.25) is 14.3 Å². The van der Waals surface area contributed by atoms with Crippen molar-refractivity contribution in [3.8, 4) is 5.75 Å². The SMILES string of the molecule is C=S1(=O)NC(=O)c2ccc3c(c2)N(C[C@@H]2CC[C@H]2[C@@H](OCC(=O)N(C)C)/C=C/CC[C@H]1C)C[C@@]1(CCCc2cc(Cl)ccc21)CO3. The van der Waals surface area contributed by atoms with Crippen LogP contribution in [-0.2, 0) is 31.1 Å². The molecular formula is C36H46ClN3O5S. The second kappa shape index (κ2) is 13.2. The minimum atomic E-state index is -2.91. The predicted molar refractivity (Wildman–Crippen MR) is 185 cm³/mol. The lowest BCUT2D eigenvalue weighted by Gasteiger charge is -2.46. The minimum absolute atomic E-state index is 0.0204. The summed E-state index contributed by atoms with van der Waals surface area (Å²) < 4.78 is 29.3. The Morgan fingerprint density at radius 3 is 2.80 bits per heavy atom. The summed E-state index contributed by atoms with van der Waals surface area (Å²) in [6, 6.07) is 11.8. The van der Waals surface area contributed by atoms with Gasteiger partial charge in [0.15, 0.2) is 0 Å². The van der Waals surface area contributed by atoms with Gasteiger partial charge in [-0.25, -0.2) is 4.21 Å². The smallest absolute Gasteiger partial charge is 0.262 e. The van der Waals surface area contributed by atoms with E-state index < -0.39 is 15.6 Å². The summed E-state index contributed by atoms with van der Waals surface area (Å²) >= 11 is 6.44. The van der Waals surface area contributed by atoms with Gasteiger partial charge in [0.1, 0.15) is 12.4 Å². The molecule has 0 aromatic heterocycles. The fourth-order valence-electron chi connectivity index (χ4n) is 7.48. The van der Waals surface area contributed by atoms with Crippen molar-refractivity contribution in [2.75, 3.05) is 45.3 Å². The van der Waals surface area contributed by atoms with Crippen molar-refractivity contribution in [2.45, 2.75) is 68.6 Å². The molecule has 8 nitrogen and oxygen atoms in total. The maximum absolute atomic E-state index is 13.6. The van der Waals surface area contributed by atoms with Gasteiger partial charge in [-0.15, -0.1) is 0 Å². The van der Waals surface area contributed by atoms with E-state index in [9.17, 15) is 13.8 Å². The first kappa shape index (κ1) is 32.9. The Morgan fingerprint density at radius 1 is 1.22 bits per heavy atom. The number of anilines is 1. The Labute approximate surface area is 278 Å². The van der Waals surface area contributed by atoms with Gasteiger partial charge in [0.25, 0.3) is 5.91 Å². The number of nitrogens with zero attached hydrogens (tertiary/aromatic N) is 2. The molecule has 1 fully saturated rings. The third-order valence-corrected chi connectivity index (χ3v) is 12.8. The predicted octanol–water partition coefficient (Wildman–Crippen LogP) is 5.41. The van der Waals surface area contributed by atoms with Gasteiger partial charge in [-0.1, -0.05) is 29.8 Å². The van der Waals surface area contributed by atoms with Crippen LogP contribution in [0.4, 0.5) is 5.69 Å². The standard InChI is InChI=1S/C36H46ClN3O5S/c1-24-8-5-6-10-32(44-21-34(41)39(2)3)29-14-11-27(29)20-40-22-36(17-7-9-25-18-28(37)13-15-30(25)36)23-45-33-16-12-26(19-31(33)40)35(42)38-46(24,4)43/h6,10,12-13,15-16,18-19,24,27,29,32H,4-5,7-9,11,14,17,20-23H2,1-3H3,(H,38,42,43)/b10-6+/t24-,27+,29-,32+,36+,46?/m1/s1. The lowest BCUT2D eigenvalue weighted by Crippen LogP contribution is -2.50. The number of hydrogen-bond donors (Lipinski definition) is 1. The molecule has 2 amide bonds.